The van der Waals surface area contributed by atoms with Crippen molar-refractivity contribution in [3.8, 4) is 0 Å². The van der Waals surface area contributed by atoms with Gasteiger partial charge >= 0.3 is 11.9 Å². The molecular formula is C7H11NO5. The maximum atomic E-state index is 10.6. The summed E-state index contributed by atoms with van der Waals surface area (Å²) in [5.41, 5.74) is 0. The van der Waals surface area contributed by atoms with Crippen molar-refractivity contribution in [2.75, 3.05) is 19.8 Å². The van der Waals surface area contributed by atoms with Gasteiger partial charge in [0, 0.05) is 0 Å². The van der Waals surface area contributed by atoms with Crippen LogP contribution in [0.5, 0.6) is 0 Å². The first kappa shape index (κ1) is 9.94. The third kappa shape index (κ3) is 2.67. The van der Waals surface area contributed by atoms with E-state index in [0.717, 1.165) is 0 Å². The Morgan fingerprint density at radius 3 is 2.46 bits per heavy atom. The average molecular weight is 189 g/mol. The number of carboxylic acids is 1. The van der Waals surface area contributed by atoms with Crippen molar-refractivity contribution in [3.63, 3.8) is 0 Å². The fraction of sp³-hybridized carbons (Fsp3) is 0.714. The predicted octanol–water partition coefficient (Wildman–Crippen LogP) is -1.05. The molecule has 0 aliphatic carbocycles. The number of hydrogen-bond acceptors (Lipinski definition) is 4. The maximum Gasteiger partial charge on any atom is 0.394 e. The molecule has 0 aromatic carbocycles. The molecule has 1 saturated heterocycles. The van der Waals surface area contributed by atoms with E-state index in [4.69, 9.17) is 14.6 Å². The number of carboxylic acid groups (broad SMARTS) is 1. The molecule has 1 amide bonds. The quantitative estimate of drug-likeness (QED) is 0.541. The minimum absolute atomic E-state index is 0.0398. The molecule has 6 nitrogen and oxygen atoms in total. The Morgan fingerprint density at radius 2 is 2.00 bits per heavy atom. The summed E-state index contributed by atoms with van der Waals surface area (Å²) in [6, 6.07) is 0. The first-order valence-corrected chi connectivity index (χ1v) is 3.82. The van der Waals surface area contributed by atoms with Gasteiger partial charge in [0.15, 0.2) is 5.79 Å². The lowest BCUT2D eigenvalue weighted by Gasteiger charge is -2.21. The van der Waals surface area contributed by atoms with Crippen molar-refractivity contribution in [2.24, 2.45) is 0 Å². The number of aliphatic carboxylic acids is 1. The Balaban J connectivity index is 2.33. The van der Waals surface area contributed by atoms with Crippen LogP contribution in [0.1, 0.15) is 6.92 Å². The van der Waals surface area contributed by atoms with Gasteiger partial charge in [-0.1, -0.05) is 0 Å². The smallest absolute Gasteiger partial charge is 0.394 e. The lowest BCUT2D eigenvalue weighted by molar-refractivity contribution is -0.156. The third-order valence-electron chi connectivity index (χ3n) is 1.66. The van der Waals surface area contributed by atoms with Crippen LogP contribution in [0, 0.1) is 0 Å². The zero-order valence-corrected chi connectivity index (χ0v) is 7.20. The van der Waals surface area contributed by atoms with E-state index in [-0.39, 0.29) is 6.54 Å². The van der Waals surface area contributed by atoms with Crippen LogP contribution in [0.2, 0.25) is 0 Å². The predicted molar refractivity (Wildman–Crippen MR) is 41.0 cm³/mol. The number of ether oxygens (including phenoxy) is 2. The fourth-order valence-electron chi connectivity index (χ4n) is 0.975. The lowest BCUT2D eigenvalue weighted by Crippen LogP contribution is -2.43. The van der Waals surface area contributed by atoms with E-state index in [9.17, 15) is 9.59 Å². The Morgan fingerprint density at radius 1 is 1.46 bits per heavy atom. The summed E-state index contributed by atoms with van der Waals surface area (Å²) in [7, 11) is 0. The summed E-state index contributed by atoms with van der Waals surface area (Å²) in [5, 5.41) is 10.4. The molecule has 2 N–H and O–H groups in total. The van der Waals surface area contributed by atoms with Crippen molar-refractivity contribution in [3.05, 3.63) is 0 Å². The second kappa shape index (κ2) is 3.71. The number of nitrogens with one attached hydrogen (secondary N) is 1. The molecule has 74 valence electrons. The Hall–Kier alpha value is -1.14. The number of carbonyl (C=O) groups is 2. The van der Waals surface area contributed by atoms with E-state index in [1.807, 2.05) is 0 Å². The van der Waals surface area contributed by atoms with Crippen molar-refractivity contribution in [1.82, 2.24) is 5.32 Å². The first-order chi connectivity index (χ1) is 6.03. The molecule has 1 aliphatic rings. The summed E-state index contributed by atoms with van der Waals surface area (Å²) in [4.78, 5) is 20.7. The molecule has 1 heterocycles. The van der Waals surface area contributed by atoms with Crippen molar-refractivity contribution >= 4 is 11.9 Å². The van der Waals surface area contributed by atoms with Gasteiger partial charge in [0.05, 0.1) is 19.8 Å². The minimum atomic E-state index is -1.51. The lowest BCUT2D eigenvalue weighted by atomic mass is 10.3. The van der Waals surface area contributed by atoms with Crippen LogP contribution >= 0.6 is 0 Å². The summed E-state index contributed by atoms with van der Waals surface area (Å²) < 4.78 is 10.3. The van der Waals surface area contributed by atoms with Gasteiger partial charge < -0.3 is 19.9 Å². The average Bonchev–Trinajstić information content (AvgIpc) is 2.48. The maximum absolute atomic E-state index is 10.6. The van der Waals surface area contributed by atoms with E-state index in [2.05, 4.69) is 5.32 Å². The number of rotatable bonds is 2. The Bertz CT molecular complexity index is 221. The highest BCUT2D eigenvalue weighted by Crippen LogP contribution is 2.16. The van der Waals surface area contributed by atoms with Crippen LogP contribution in [-0.4, -0.2) is 42.5 Å². The van der Waals surface area contributed by atoms with E-state index in [1.165, 1.54) is 0 Å². The van der Waals surface area contributed by atoms with Gasteiger partial charge in [0.25, 0.3) is 0 Å². The summed E-state index contributed by atoms with van der Waals surface area (Å²) in [6.45, 7) is 2.60. The largest absolute Gasteiger partial charge is 0.474 e. The topological polar surface area (TPSA) is 84.9 Å². The van der Waals surface area contributed by atoms with Crippen LogP contribution in [0.3, 0.4) is 0 Å². The van der Waals surface area contributed by atoms with E-state index in [0.29, 0.717) is 13.2 Å². The summed E-state index contributed by atoms with van der Waals surface area (Å²) in [5.74, 6) is -3.45. The van der Waals surface area contributed by atoms with E-state index in [1.54, 1.807) is 6.92 Å². The molecule has 0 saturated carbocycles. The van der Waals surface area contributed by atoms with Crippen molar-refractivity contribution in [1.29, 1.82) is 0 Å². The van der Waals surface area contributed by atoms with Crippen LogP contribution in [0.25, 0.3) is 0 Å². The third-order valence-corrected chi connectivity index (χ3v) is 1.66. The molecule has 6 heteroatoms. The second-order valence-electron chi connectivity index (χ2n) is 2.82. The summed E-state index contributed by atoms with van der Waals surface area (Å²) in [6.07, 6.45) is 0. The van der Waals surface area contributed by atoms with Gasteiger partial charge in [-0.15, -0.1) is 0 Å². The molecule has 0 atom stereocenters. The van der Waals surface area contributed by atoms with Gasteiger partial charge in [0.2, 0.25) is 0 Å². The molecule has 0 aromatic rings. The zero-order chi connectivity index (χ0) is 9.90. The molecule has 0 radical (unpaired) electrons. The van der Waals surface area contributed by atoms with Gasteiger partial charge in [-0.05, 0) is 6.92 Å². The van der Waals surface area contributed by atoms with Crippen molar-refractivity contribution < 1.29 is 24.2 Å². The second-order valence-corrected chi connectivity index (χ2v) is 2.82. The van der Waals surface area contributed by atoms with Crippen LogP contribution in [0.15, 0.2) is 0 Å². The highest BCUT2D eigenvalue weighted by Gasteiger charge is 2.31. The number of carbonyl (C=O) groups excluding carboxylic acids is 1. The molecule has 0 unspecified atom stereocenters. The highest BCUT2D eigenvalue weighted by molar-refractivity contribution is 6.31. The van der Waals surface area contributed by atoms with Gasteiger partial charge in [0.1, 0.15) is 0 Å². The Labute approximate surface area is 74.8 Å². The SMILES string of the molecule is CC1(CNC(=O)C(=O)O)OCCO1. The Kier molecular flexibility index (Phi) is 2.84. The normalized spacial score (nSPS) is 19.8. The van der Waals surface area contributed by atoms with Crippen LogP contribution in [0.4, 0.5) is 0 Å². The van der Waals surface area contributed by atoms with Crippen LogP contribution in [-0.2, 0) is 19.1 Å². The molecule has 1 aliphatic heterocycles. The molecular weight excluding hydrogens is 178 g/mol. The number of hydrogen-bond donors (Lipinski definition) is 2. The van der Waals surface area contributed by atoms with E-state index >= 15 is 0 Å². The molecule has 1 fully saturated rings. The fourth-order valence-corrected chi connectivity index (χ4v) is 0.975. The van der Waals surface area contributed by atoms with Gasteiger partial charge in [-0.3, -0.25) is 4.79 Å². The van der Waals surface area contributed by atoms with Crippen LogP contribution < -0.4 is 5.32 Å². The van der Waals surface area contributed by atoms with Crippen molar-refractivity contribution in [2.45, 2.75) is 12.7 Å². The molecule has 0 aromatic heterocycles. The summed E-state index contributed by atoms with van der Waals surface area (Å²) >= 11 is 0. The molecule has 0 bridgehead atoms. The van der Waals surface area contributed by atoms with Gasteiger partial charge in [-0.2, -0.15) is 0 Å². The van der Waals surface area contributed by atoms with E-state index < -0.39 is 17.7 Å². The molecule has 13 heavy (non-hydrogen) atoms. The molecule has 1 rings (SSSR count). The first-order valence-electron chi connectivity index (χ1n) is 3.82. The zero-order valence-electron chi connectivity index (χ0n) is 7.20. The van der Waals surface area contributed by atoms with Gasteiger partial charge in [-0.25, -0.2) is 4.79 Å². The highest BCUT2D eigenvalue weighted by atomic mass is 16.7. The number of amides is 1. The molecule has 0 spiro atoms. The minimum Gasteiger partial charge on any atom is -0.474 e. The monoisotopic (exact) mass is 189 g/mol. The standard InChI is InChI=1S/C7H11NO5/c1-7(12-2-3-13-7)4-8-5(9)6(10)11/h2-4H2,1H3,(H,8,9)(H,10,11).